The van der Waals surface area contributed by atoms with E-state index in [9.17, 15) is 26.7 Å². The van der Waals surface area contributed by atoms with Gasteiger partial charge in [0.2, 0.25) is 0 Å². The van der Waals surface area contributed by atoms with Crippen LogP contribution in [-0.2, 0) is 9.53 Å². The van der Waals surface area contributed by atoms with Gasteiger partial charge in [-0.2, -0.15) is 22.0 Å². The van der Waals surface area contributed by atoms with Crippen molar-refractivity contribution >= 4 is 17.6 Å². The molecule has 0 aromatic heterocycles. The van der Waals surface area contributed by atoms with Gasteiger partial charge in [0.1, 0.15) is 11.6 Å². The van der Waals surface area contributed by atoms with E-state index in [-0.39, 0.29) is 0 Å². The van der Waals surface area contributed by atoms with Gasteiger partial charge in [0.25, 0.3) is 0 Å². The van der Waals surface area contributed by atoms with E-state index in [4.69, 9.17) is 16.7 Å². The van der Waals surface area contributed by atoms with Crippen LogP contribution in [0.25, 0.3) is 0 Å². The summed E-state index contributed by atoms with van der Waals surface area (Å²) in [4.78, 5) is 10.8. The van der Waals surface area contributed by atoms with Crippen molar-refractivity contribution in [2.75, 3.05) is 6.61 Å². The minimum Gasteiger partial charge on any atom is -0.481 e. The zero-order valence-electron chi connectivity index (χ0n) is 10.5. The number of allylic oxidation sites excluding steroid dienone is 1. The summed E-state index contributed by atoms with van der Waals surface area (Å²) in [7, 11) is 0. The van der Waals surface area contributed by atoms with Gasteiger partial charge in [-0.15, -0.1) is 0 Å². The fraction of sp³-hybridized carbons (Fsp3) is 0.727. The number of carboxylic acids is 1. The highest BCUT2D eigenvalue weighted by Crippen LogP contribution is 2.60. The first-order valence-corrected chi connectivity index (χ1v) is 5.86. The van der Waals surface area contributed by atoms with Crippen molar-refractivity contribution in [3.05, 3.63) is 11.1 Å². The molecule has 0 saturated heterocycles. The first kappa shape index (κ1) is 17.2. The maximum absolute atomic E-state index is 13.2. The summed E-state index contributed by atoms with van der Waals surface area (Å²) < 4.78 is 65.4. The van der Waals surface area contributed by atoms with Gasteiger partial charge >= 0.3 is 18.3 Å². The van der Waals surface area contributed by atoms with E-state index in [2.05, 4.69) is 4.74 Å². The molecule has 1 aliphatic rings. The summed E-state index contributed by atoms with van der Waals surface area (Å²) in [5.74, 6) is -2.87. The number of ether oxygens (including phenoxy) is 1. The summed E-state index contributed by atoms with van der Waals surface area (Å²) in [6.45, 7) is 0.915. The van der Waals surface area contributed by atoms with E-state index >= 15 is 0 Å². The predicted octanol–water partition coefficient (Wildman–Crippen LogP) is 3.64. The molecule has 1 fully saturated rings. The summed E-state index contributed by atoms with van der Waals surface area (Å²) in [5.41, 5.74) is -0.786. The second-order valence-electron chi connectivity index (χ2n) is 5.10. The van der Waals surface area contributed by atoms with Crippen molar-refractivity contribution in [3.8, 4) is 0 Å². The summed E-state index contributed by atoms with van der Waals surface area (Å²) >= 11 is 5.26. The maximum atomic E-state index is 13.2. The van der Waals surface area contributed by atoms with Crippen LogP contribution < -0.4 is 0 Å². The Morgan fingerprint density at radius 2 is 1.85 bits per heavy atom. The molecule has 0 heterocycles. The Hall–Kier alpha value is -0.890. The van der Waals surface area contributed by atoms with Crippen LogP contribution in [0.2, 0.25) is 0 Å². The molecule has 0 aliphatic heterocycles. The Morgan fingerprint density at radius 1 is 1.35 bits per heavy atom. The van der Waals surface area contributed by atoms with Crippen LogP contribution in [0.3, 0.4) is 0 Å². The Kier molecular flexibility index (Phi) is 4.41. The lowest BCUT2D eigenvalue weighted by Gasteiger charge is -2.17. The molecular weight excluding hydrogens is 311 g/mol. The SMILES string of the molecule is CC1(C)C(C=C(Cl)C(F)(F)OCC(F)(F)F)C1C(=O)O. The second-order valence-corrected chi connectivity index (χ2v) is 5.51. The smallest absolute Gasteiger partial charge is 0.412 e. The van der Waals surface area contributed by atoms with Crippen LogP contribution >= 0.6 is 11.6 Å². The molecule has 0 amide bonds. The Labute approximate surface area is 116 Å². The van der Waals surface area contributed by atoms with Crippen LogP contribution in [-0.4, -0.2) is 30.0 Å². The molecule has 2 unspecified atom stereocenters. The van der Waals surface area contributed by atoms with E-state index < -0.39 is 47.1 Å². The van der Waals surface area contributed by atoms with Gasteiger partial charge in [0.05, 0.1) is 5.92 Å². The zero-order chi connectivity index (χ0) is 15.9. The average molecular weight is 323 g/mol. The van der Waals surface area contributed by atoms with E-state index in [1.54, 1.807) is 0 Å². The van der Waals surface area contributed by atoms with Gasteiger partial charge in [-0.3, -0.25) is 4.79 Å². The lowest BCUT2D eigenvalue weighted by molar-refractivity contribution is -0.267. The first-order valence-electron chi connectivity index (χ1n) is 5.48. The number of carbonyl (C=O) groups is 1. The van der Waals surface area contributed by atoms with E-state index in [1.165, 1.54) is 13.8 Å². The number of carboxylic acid groups (broad SMARTS) is 1. The fourth-order valence-electron chi connectivity index (χ4n) is 1.96. The Morgan fingerprint density at radius 3 is 2.20 bits per heavy atom. The molecule has 0 aromatic rings. The van der Waals surface area contributed by atoms with Crippen LogP contribution in [0, 0.1) is 17.3 Å². The van der Waals surface area contributed by atoms with Crippen LogP contribution in [0.1, 0.15) is 13.8 Å². The molecule has 20 heavy (non-hydrogen) atoms. The molecular formula is C11H12ClF5O3. The van der Waals surface area contributed by atoms with Crippen molar-refractivity contribution in [1.29, 1.82) is 0 Å². The highest BCUT2D eigenvalue weighted by atomic mass is 35.5. The Bertz CT molecular complexity index is 430. The van der Waals surface area contributed by atoms with Gasteiger partial charge < -0.3 is 9.84 Å². The van der Waals surface area contributed by atoms with Gasteiger partial charge in [-0.05, 0) is 11.3 Å². The van der Waals surface area contributed by atoms with E-state index in [0.29, 0.717) is 0 Å². The van der Waals surface area contributed by atoms with Crippen LogP contribution in [0.5, 0.6) is 0 Å². The topological polar surface area (TPSA) is 46.5 Å². The van der Waals surface area contributed by atoms with Crippen LogP contribution in [0.15, 0.2) is 11.1 Å². The molecule has 9 heteroatoms. The minimum absolute atomic E-state index is 0.747. The standard InChI is InChI=1S/C11H12ClF5O3/c1-9(2)5(7(9)8(18)19)3-6(12)11(16,17)20-4-10(13,14)15/h3,5,7H,4H2,1-2H3,(H,18,19). The molecule has 0 spiro atoms. The summed E-state index contributed by atoms with van der Waals surface area (Å²) in [6.07, 6.45) is -8.47. The number of alkyl halides is 5. The lowest BCUT2D eigenvalue weighted by Crippen LogP contribution is -2.28. The van der Waals surface area contributed by atoms with E-state index in [0.717, 1.165) is 6.08 Å². The average Bonchev–Trinajstić information content (AvgIpc) is 2.77. The summed E-state index contributed by atoms with van der Waals surface area (Å²) in [6, 6.07) is 0. The monoisotopic (exact) mass is 322 g/mol. The molecule has 116 valence electrons. The first-order chi connectivity index (χ1) is 8.79. The van der Waals surface area contributed by atoms with Crippen LogP contribution in [0.4, 0.5) is 22.0 Å². The number of aliphatic carboxylic acids is 1. The minimum atomic E-state index is -4.91. The maximum Gasteiger partial charge on any atom is 0.412 e. The number of halogens is 6. The molecule has 1 aliphatic carbocycles. The molecule has 0 bridgehead atoms. The number of hydrogen-bond acceptors (Lipinski definition) is 2. The molecule has 1 saturated carbocycles. The van der Waals surface area contributed by atoms with Crippen molar-refractivity contribution in [1.82, 2.24) is 0 Å². The third-order valence-corrected chi connectivity index (χ3v) is 3.54. The van der Waals surface area contributed by atoms with Gasteiger partial charge in [0, 0.05) is 0 Å². The molecule has 0 radical (unpaired) electrons. The zero-order valence-corrected chi connectivity index (χ0v) is 11.2. The number of rotatable bonds is 5. The van der Waals surface area contributed by atoms with E-state index in [1.807, 2.05) is 0 Å². The molecule has 2 atom stereocenters. The largest absolute Gasteiger partial charge is 0.481 e. The van der Waals surface area contributed by atoms with Gasteiger partial charge in [-0.1, -0.05) is 31.5 Å². The quantitative estimate of drug-likeness (QED) is 0.786. The van der Waals surface area contributed by atoms with Crippen molar-refractivity contribution in [3.63, 3.8) is 0 Å². The van der Waals surface area contributed by atoms with Gasteiger partial charge in [0.15, 0.2) is 0 Å². The summed E-state index contributed by atoms with van der Waals surface area (Å²) in [5, 5.41) is 7.60. The molecule has 1 N–H and O–H groups in total. The third kappa shape index (κ3) is 3.82. The molecule has 0 aromatic carbocycles. The fourth-order valence-corrected chi connectivity index (χ4v) is 2.15. The molecule has 3 nitrogen and oxygen atoms in total. The predicted molar refractivity (Wildman–Crippen MR) is 59.3 cm³/mol. The Balaban J connectivity index is 2.76. The van der Waals surface area contributed by atoms with Crippen molar-refractivity contribution in [2.45, 2.75) is 26.1 Å². The third-order valence-electron chi connectivity index (χ3n) is 3.20. The highest BCUT2D eigenvalue weighted by Gasteiger charge is 2.61. The number of hydrogen-bond donors (Lipinski definition) is 1. The molecule has 1 rings (SSSR count). The van der Waals surface area contributed by atoms with Crippen molar-refractivity contribution in [2.24, 2.45) is 17.3 Å². The van der Waals surface area contributed by atoms with Gasteiger partial charge in [-0.25, -0.2) is 0 Å². The van der Waals surface area contributed by atoms with Crippen molar-refractivity contribution < 1.29 is 36.6 Å². The highest BCUT2D eigenvalue weighted by molar-refractivity contribution is 6.30. The normalized spacial score (nSPS) is 26.5. The lowest BCUT2D eigenvalue weighted by atomic mass is 10.1. The second kappa shape index (κ2) is 5.14.